The Morgan fingerprint density at radius 2 is 0.556 bits per heavy atom. The molecule has 0 heterocycles. The van der Waals surface area contributed by atoms with Crippen LogP contribution in [-0.2, 0) is 0 Å². The normalized spacial score (nSPS) is 11.6. The number of ether oxygens (including phenoxy) is 1. The Hall–Kier alpha value is -4.44. The van der Waals surface area contributed by atoms with E-state index in [1.807, 2.05) is 0 Å². The molecule has 4 rings (SSSR count). The van der Waals surface area contributed by atoms with Crippen LogP contribution in [0.4, 0.5) is 70.2 Å². The summed E-state index contributed by atoms with van der Waals surface area (Å²) in [5, 5.41) is 0. The van der Waals surface area contributed by atoms with Gasteiger partial charge in [-0.15, -0.1) is 0 Å². The lowest BCUT2D eigenvalue weighted by Gasteiger charge is -2.18. The molecule has 0 aliphatic heterocycles. The van der Waals surface area contributed by atoms with Crippen LogP contribution in [0.3, 0.4) is 0 Å². The molecule has 4 aromatic rings. The largest absolute Gasteiger partial charge is 0.444 e. The summed E-state index contributed by atoms with van der Waals surface area (Å²) in [5.41, 5.74) is -12.1. The van der Waals surface area contributed by atoms with E-state index in [1.165, 1.54) is 0 Å². The van der Waals surface area contributed by atoms with E-state index in [9.17, 15) is 70.2 Å². The number of hydrogen-bond acceptors (Lipinski definition) is 1. The van der Waals surface area contributed by atoms with Crippen molar-refractivity contribution in [3.8, 4) is 33.8 Å². The summed E-state index contributed by atoms with van der Waals surface area (Å²) >= 11 is 0. The number of hydrogen-bond donors (Lipinski definition) is 0. The van der Waals surface area contributed by atoms with E-state index in [-0.39, 0.29) is 0 Å². The molecule has 0 atom stereocenters. The quantitative estimate of drug-likeness (QED) is 0.152. The van der Waals surface area contributed by atoms with Crippen molar-refractivity contribution in [3.63, 3.8) is 0 Å². The molecule has 45 heavy (non-hydrogen) atoms. The lowest BCUT2D eigenvalue weighted by atomic mass is 9.95. The Morgan fingerprint density at radius 1 is 0.333 bits per heavy atom. The van der Waals surface area contributed by atoms with Gasteiger partial charge in [-0.1, -0.05) is 13.8 Å². The molecule has 0 aliphatic rings. The highest BCUT2D eigenvalue weighted by Gasteiger charge is 2.38. The maximum atomic E-state index is 14.9. The molecule has 240 valence electrons. The molecule has 0 spiro atoms. The third kappa shape index (κ3) is 4.82. The fraction of sp³-hybridized carbons (Fsp3) is 0.143. The molecule has 0 N–H and O–H groups in total. The Kier molecular flexibility index (Phi) is 8.54. The van der Waals surface area contributed by atoms with Crippen molar-refractivity contribution in [2.24, 2.45) is 0 Å². The molecule has 0 amide bonds. The van der Waals surface area contributed by atoms with Crippen LogP contribution >= 0.6 is 0 Å². The fourth-order valence-electron chi connectivity index (χ4n) is 4.28. The fourth-order valence-corrected chi connectivity index (χ4v) is 4.28. The molecular weight excluding hydrogens is 656 g/mol. The van der Waals surface area contributed by atoms with Crippen molar-refractivity contribution in [2.75, 3.05) is 0 Å². The predicted octanol–water partition coefficient (Wildman–Crippen LogP) is 10.5. The molecule has 0 aromatic heterocycles. The first-order valence-corrected chi connectivity index (χ1v) is 11.9. The Morgan fingerprint density at radius 3 is 0.800 bits per heavy atom. The summed E-state index contributed by atoms with van der Waals surface area (Å²) in [4.78, 5) is 0. The summed E-state index contributed by atoms with van der Waals surface area (Å²) in [7, 11) is 0. The molecule has 0 saturated heterocycles. The van der Waals surface area contributed by atoms with Crippen molar-refractivity contribution >= 4 is 0 Å². The molecule has 0 aliphatic carbocycles. The Labute approximate surface area is 240 Å². The highest BCUT2D eigenvalue weighted by atomic mass is 19.2. The second-order valence-corrected chi connectivity index (χ2v) is 9.48. The second kappa shape index (κ2) is 11.5. The molecule has 0 saturated carbocycles. The minimum absolute atomic E-state index is 0.481. The molecule has 17 heteroatoms. The van der Waals surface area contributed by atoms with E-state index >= 15 is 0 Å². The molecule has 1 nitrogen and oxygen atoms in total. The second-order valence-electron chi connectivity index (χ2n) is 9.48. The Balaban J connectivity index is 1.96. The first kappa shape index (κ1) is 33.5. The van der Waals surface area contributed by atoms with E-state index in [1.54, 1.807) is 0 Å². The van der Waals surface area contributed by atoms with Crippen molar-refractivity contribution in [3.05, 3.63) is 104 Å². The topological polar surface area (TPSA) is 9.23 Å². The van der Waals surface area contributed by atoms with Crippen LogP contribution in [0.5, 0.6) is 11.5 Å². The molecule has 4 aromatic carbocycles. The zero-order chi connectivity index (χ0) is 34.1. The van der Waals surface area contributed by atoms with E-state index in [0.29, 0.717) is 6.92 Å². The summed E-state index contributed by atoms with van der Waals surface area (Å²) in [6.07, 6.45) is 0. The van der Waals surface area contributed by atoms with E-state index in [0.717, 1.165) is 13.8 Å². The van der Waals surface area contributed by atoms with Crippen LogP contribution in [-0.4, -0.2) is 0 Å². The first-order chi connectivity index (χ1) is 20.8. The van der Waals surface area contributed by atoms with Gasteiger partial charge in [0.25, 0.3) is 0 Å². The summed E-state index contributed by atoms with van der Waals surface area (Å²) < 4.78 is 237. The average molecular weight is 666 g/mol. The van der Waals surface area contributed by atoms with Gasteiger partial charge in [0.15, 0.2) is 69.8 Å². The summed E-state index contributed by atoms with van der Waals surface area (Å²) in [6, 6.07) is 0. The number of benzene rings is 4. The molecule has 0 bridgehead atoms. The highest BCUT2D eigenvalue weighted by molar-refractivity contribution is 5.70. The van der Waals surface area contributed by atoms with Gasteiger partial charge < -0.3 is 4.74 Å². The summed E-state index contributed by atoms with van der Waals surface area (Å²) in [5.74, 6) is -48.8. The minimum Gasteiger partial charge on any atom is -0.444 e. The van der Waals surface area contributed by atoms with Gasteiger partial charge in [-0.25, -0.2) is 52.7 Å². The smallest absolute Gasteiger partial charge is 0.205 e. The van der Waals surface area contributed by atoms with E-state index < -0.39 is 144 Å². The van der Waals surface area contributed by atoms with Crippen molar-refractivity contribution in [1.29, 1.82) is 0 Å². The third-order valence-corrected chi connectivity index (χ3v) is 6.51. The number of halogens is 16. The van der Waals surface area contributed by atoms with Crippen molar-refractivity contribution in [2.45, 2.75) is 26.7 Å². The van der Waals surface area contributed by atoms with Gasteiger partial charge in [0.2, 0.25) is 34.8 Å². The highest BCUT2D eigenvalue weighted by Crippen LogP contribution is 2.45. The standard InChI is InChI=1S/C28H10F16O/c1-4(2)6-13(31)17(35)8(18(36)14(6)32)10-21(39)25(43)28(26(44)22(10)40)45-27-23(41)19(37)9(20(38)24(27)42)7-15(33)11(29)5(3)12(30)16(7)34/h4H,1-3H3. The van der Waals surface area contributed by atoms with Crippen LogP contribution in [0.15, 0.2) is 0 Å². The van der Waals surface area contributed by atoms with E-state index in [2.05, 4.69) is 4.74 Å². The lowest BCUT2D eigenvalue weighted by Crippen LogP contribution is -2.12. The van der Waals surface area contributed by atoms with Gasteiger partial charge in [0.05, 0.1) is 22.3 Å². The molecule has 0 unspecified atom stereocenters. The monoisotopic (exact) mass is 666 g/mol. The maximum absolute atomic E-state index is 14.9. The first-order valence-electron chi connectivity index (χ1n) is 11.9. The maximum Gasteiger partial charge on any atom is 0.205 e. The molecular formula is C28H10F16O. The Bertz CT molecular complexity index is 1820. The van der Waals surface area contributed by atoms with Gasteiger partial charge in [0.1, 0.15) is 0 Å². The van der Waals surface area contributed by atoms with Gasteiger partial charge in [-0.05, 0) is 12.8 Å². The zero-order valence-corrected chi connectivity index (χ0v) is 22.0. The van der Waals surface area contributed by atoms with Gasteiger partial charge >= 0.3 is 0 Å². The van der Waals surface area contributed by atoms with Crippen LogP contribution < -0.4 is 4.74 Å². The number of rotatable bonds is 5. The predicted molar refractivity (Wildman–Crippen MR) is 122 cm³/mol. The van der Waals surface area contributed by atoms with Crippen LogP contribution in [0.25, 0.3) is 22.3 Å². The SMILES string of the molecule is Cc1c(F)c(F)c(-c2c(F)c(F)c(Oc3c(F)c(F)c(-c4c(F)c(F)c(C(C)C)c(F)c4F)c(F)c3F)c(F)c2F)c(F)c1F. The van der Waals surface area contributed by atoms with Crippen LogP contribution in [0.1, 0.15) is 30.9 Å². The van der Waals surface area contributed by atoms with Gasteiger partial charge in [0, 0.05) is 11.1 Å². The third-order valence-electron chi connectivity index (χ3n) is 6.51. The summed E-state index contributed by atoms with van der Waals surface area (Å²) in [6.45, 7) is 2.58. The van der Waals surface area contributed by atoms with Crippen LogP contribution in [0, 0.1) is 100.0 Å². The van der Waals surface area contributed by atoms with E-state index in [4.69, 9.17) is 0 Å². The zero-order valence-electron chi connectivity index (χ0n) is 22.0. The van der Waals surface area contributed by atoms with Crippen molar-refractivity contribution in [1.82, 2.24) is 0 Å². The minimum atomic E-state index is -2.93. The average Bonchev–Trinajstić information content (AvgIpc) is 2.99. The lowest BCUT2D eigenvalue weighted by molar-refractivity contribution is 0.325. The van der Waals surface area contributed by atoms with Crippen molar-refractivity contribution < 1.29 is 75.0 Å². The van der Waals surface area contributed by atoms with Gasteiger partial charge in [-0.3, -0.25) is 0 Å². The van der Waals surface area contributed by atoms with Gasteiger partial charge in [-0.2, -0.15) is 17.6 Å². The molecule has 0 radical (unpaired) electrons. The van der Waals surface area contributed by atoms with Crippen LogP contribution in [0.2, 0.25) is 0 Å². The molecule has 0 fully saturated rings.